The van der Waals surface area contributed by atoms with Crippen molar-refractivity contribution in [2.24, 2.45) is 0 Å². The second-order valence-corrected chi connectivity index (χ2v) is 5.64. The summed E-state index contributed by atoms with van der Waals surface area (Å²) in [6, 6.07) is 6.97. The van der Waals surface area contributed by atoms with Crippen LogP contribution in [0.4, 0.5) is 5.69 Å². The summed E-state index contributed by atoms with van der Waals surface area (Å²) in [5.41, 5.74) is 0.956. The molecule has 1 unspecified atom stereocenters. The van der Waals surface area contributed by atoms with Crippen LogP contribution in [-0.2, 0) is 16.0 Å². The molecule has 1 aliphatic rings. The molecule has 3 rings (SSSR count). The van der Waals surface area contributed by atoms with Crippen molar-refractivity contribution in [2.45, 2.75) is 12.5 Å². The number of benzene rings is 1. The van der Waals surface area contributed by atoms with Crippen molar-refractivity contribution in [2.75, 3.05) is 5.32 Å². The van der Waals surface area contributed by atoms with Crippen molar-refractivity contribution in [3.05, 3.63) is 62.5 Å². The fourth-order valence-electron chi connectivity index (χ4n) is 2.24. The molecule has 6 nitrogen and oxygen atoms in total. The predicted molar refractivity (Wildman–Crippen MR) is 82.7 cm³/mol. The molecule has 0 saturated heterocycles. The van der Waals surface area contributed by atoms with Crippen LogP contribution < -0.4 is 10.7 Å². The molecule has 112 valence electrons. The second kappa shape index (κ2) is 5.76. The number of esters is 1. The van der Waals surface area contributed by atoms with E-state index in [9.17, 15) is 14.4 Å². The van der Waals surface area contributed by atoms with E-state index in [1.807, 2.05) is 0 Å². The Labute approximate surface area is 133 Å². The van der Waals surface area contributed by atoms with E-state index in [1.165, 1.54) is 12.4 Å². The number of carbonyl (C=O) groups excluding carboxylic acids is 2. The highest BCUT2D eigenvalue weighted by atomic mass is 79.9. The number of amides is 1. The Hall–Kier alpha value is -2.41. The molecule has 0 aliphatic carbocycles. The van der Waals surface area contributed by atoms with Crippen molar-refractivity contribution in [1.29, 1.82) is 0 Å². The van der Waals surface area contributed by atoms with Gasteiger partial charge < -0.3 is 15.0 Å². The minimum atomic E-state index is -0.958. The van der Waals surface area contributed by atoms with E-state index >= 15 is 0 Å². The van der Waals surface area contributed by atoms with Crippen molar-refractivity contribution in [1.82, 2.24) is 4.98 Å². The van der Waals surface area contributed by atoms with Crippen LogP contribution in [0.25, 0.3) is 0 Å². The van der Waals surface area contributed by atoms with Gasteiger partial charge in [-0.05, 0) is 27.6 Å². The summed E-state index contributed by atoms with van der Waals surface area (Å²) in [5.74, 6) is -1.07. The number of H-pyrrole nitrogens is 1. The number of pyridine rings is 1. The van der Waals surface area contributed by atoms with Gasteiger partial charge in [0.2, 0.25) is 5.43 Å². The van der Waals surface area contributed by atoms with Gasteiger partial charge in [0.25, 0.3) is 5.91 Å². The minimum absolute atomic E-state index is 0.0919. The second-order valence-electron chi connectivity index (χ2n) is 4.79. The summed E-state index contributed by atoms with van der Waals surface area (Å²) in [5, 5.41) is 2.48. The average molecular weight is 363 g/mol. The fourth-order valence-corrected chi connectivity index (χ4v) is 2.59. The van der Waals surface area contributed by atoms with Crippen LogP contribution in [0.1, 0.15) is 15.9 Å². The summed E-state index contributed by atoms with van der Waals surface area (Å²) in [4.78, 5) is 38.7. The summed E-state index contributed by atoms with van der Waals surface area (Å²) in [6.07, 6.45) is 2.17. The maximum atomic E-state index is 12.2. The van der Waals surface area contributed by atoms with Crippen molar-refractivity contribution in [3.8, 4) is 0 Å². The molecule has 1 aromatic heterocycles. The van der Waals surface area contributed by atoms with Crippen LogP contribution >= 0.6 is 15.9 Å². The Kier molecular flexibility index (Phi) is 3.81. The maximum Gasteiger partial charge on any atom is 0.339 e. The van der Waals surface area contributed by atoms with E-state index in [0.717, 1.165) is 5.56 Å². The molecular weight excluding hydrogens is 352 g/mol. The molecule has 0 spiro atoms. The van der Waals surface area contributed by atoms with Crippen LogP contribution in [0.5, 0.6) is 0 Å². The van der Waals surface area contributed by atoms with Crippen molar-refractivity contribution < 1.29 is 14.3 Å². The molecule has 1 amide bonds. The smallest absolute Gasteiger partial charge is 0.339 e. The summed E-state index contributed by atoms with van der Waals surface area (Å²) < 4.78 is 5.44. The van der Waals surface area contributed by atoms with Gasteiger partial charge in [-0.25, -0.2) is 4.79 Å². The summed E-state index contributed by atoms with van der Waals surface area (Å²) >= 11 is 3.08. The predicted octanol–water partition coefficient (Wildman–Crippen LogP) is 1.86. The zero-order chi connectivity index (χ0) is 15.7. The molecule has 2 N–H and O–H groups in total. The Morgan fingerprint density at radius 3 is 2.86 bits per heavy atom. The van der Waals surface area contributed by atoms with Crippen molar-refractivity contribution in [3.63, 3.8) is 0 Å². The number of anilines is 1. The maximum absolute atomic E-state index is 12.2. The van der Waals surface area contributed by atoms with Crippen LogP contribution in [-0.4, -0.2) is 23.0 Å². The number of hydrogen-bond donors (Lipinski definition) is 2. The van der Waals surface area contributed by atoms with E-state index in [1.54, 1.807) is 24.3 Å². The molecule has 2 aromatic rings. The number of cyclic esters (lactones) is 1. The number of rotatable bonds is 2. The number of carbonyl (C=O) groups is 2. The molecule has 0 radical (unpaired) electrons. The van der Waals surface area contributed by atoms with Gasteiger partial charge in [0.05, 0.1) is 10.0 Å². The van der Waals surface area contributed by atoms with Gasteiger partial charge in [0.1, 0.15) is 5.69 Å². The lowest BCUT2D eigenvalue weighted by Crippen LogP contribution is -2.38. The number of nitrogens with one attached hydrogen (secondary N) is 2. The largest absolute Gasteiger partial charge is 0.448 e. The van der Waals surface area contributed by atoms with Crippen LogP contribution in [0.3, 0.4) is 0 Å². The monoisotopic (exact) mass is 362 g/mol. The number of fused-ring (bicyclic) bond motifs is 1. The number of aromatic amines is 1. The quantitative estimate of drug-likeness (QED) is 0.798. The van der Waals surface area contributed by atoms with E-state index in [-0.39, 0.29) is 17.5 Å². The minimum Gasteiger partial charge on any atom is -0.448 e. The lowest BCUT2D eigenvalue weighted by molar-refractivity contribution is -0.125. The van der Waals surface area contributed by atoms with E-state index in [2.05, 4.69) is 26.2 Å². The fraction of sp³-hybridized carbons (Fsp3) is 0.133. The highest BCUT2D eigenvalue weighted by molar-refractivity contribution is 9.10. The first-order valence-electron chi connectivity index (χ1n) is 6.52. The first kappa shape index (κ1) is 14.5. The molecule has 0 fully saturated rings. The van der Waals surface area contributed by atoms with Gasteiger partial charge in [-0.2, -0.15) is 0 Å². The van der Waals surface area contributed by atoms with Gasteiger partial charge >= 0.3 is 5.97 Å². The van der Waals surface area contributed by atoms with E-state index in [0.29, 0.717) is 10.0 Å². The third-order valence-electron chi connectivity index (χ3n) is 3.34. The third kappa shape index (κ3) is 2.67. The van der Waals surface area contributed by atoms with E-state index in [4.69, 9.17) is 4.74 Å². The summed E-state index contributed by atoms with van der Waals surface area (Å²) in [6.45, 7) is 0. The standard InChI is InChI=1S/C15H11BrN2O4/c16-10-6-17-7-11(13(10)19)18-14(20)12-5-8-3-1-2-4-9(8)15(21)22-12/h1-4,6-7,12H,5H2,(H,17,19)(H,18,20). The molecule has 22 heavy (non-hydrogen) atoms. The highest BCUT2D eigenvalue weighted by Crippen LogP contribution is 2.21. The molecule has 0 bridgehead atoms. The van der Waals surface area contributed by atoms with Gasteiger partial charge in [-0.1, -0.05) is 18.2 Å². The molecule has 0 saturated carbocycles. The van der Waals surface area contributed by atoms with Gasteiger partial charge in [-0.3, -0.25) is 9.59 Å². The molecule has 2 heterocycles. The topological polar surface area (TPSA) is 88.3 Å². The van der Waals surface area contributed by atoms with Gasteiger partial charge in [0.15, 0.2) is 6.10 Å². The molecule has 7 heteroatoms. The van der Waals surface area contributed by atoms with Crippen molar-refractivity contribution >= 4 is 33.5 Å². The van der Waals surface area contributed by atoms with Crippen LogP contribution in [0.2, 0.25) is 0 Å². The van der Waals surface area contributed by atoms with Crippen LogP contribution in [0.15, 0.2) is 45.9 Å². The number of halogens is 1. The lowest BCUT2D eigenvalue weighted by Gasteiger charge is -2.23. The Balaban J connectivity index is 1.81. The Morgan fingerprint density at radius 1 is 1.27 bits per heavy atom. The lowest BCUT2D eigenvalue weighted by atomic mass is 9.98. The highest BCUT2D eigenvalue weighted by Gasteiger charge is 2.31. The van der Waals surface area contributed by atoms with E-state index < -0.39 is 18.0 Å². The Bertz CT molecular complexity index is 815. The molecule has 1 aromatic carbocycles. The zero-order valence-corrected chi connectivity index (χ0v) is 12.8. The van der Waals surface area contributed by atoms with Gasteiger partial charge in [-0.15, -0.1) is 0 Å². The Morgan fingerprint density at radius 2 is 2.05 bits per heavy atom. The van der Waals surface area contributed by atoms with Gasteiger partial charge in [0, 0.05) is 18.8 Å². The zero-order valence-electron chi connectivity index (χ0n) is 11.3. The number of hydrogen-bond acceptors (Lipinski definition) is 4. The number of aromatic nitrogens is 1. The molecule has 1 atom stereocenters. The average Bonchev–Trinajstić information content (AvgIpc) is 2.52. The van der Waals surface area contributed by atoms with Crippen LogP contribution in [0, 0.1) is 0 Å². The first-order valence-corrected chi connectivity index (χ1v) is 7.32. The molecular formula is C15H11BrN2O4. The molecule has 1 aliphatic heterocycles. The third-order valence-corrected chi connectivity index (χ3v) is 3.93. The number of ether oxygens (including phenoxy) is 1. The summed E-state index contributed by atoms with van der Waals surface area (Å²) in [7, 11) is 0. The first-order chi connectivity index (χ1) is 10.6. The normalized spacial score (nSPS) is 16.6. The SMILES string of the molecule is O=C1OC(C(=O)Nc2c[nH]cc(Br)c2=O)Cc2ccccc21.